The molecule has 0 aliphatic carbocycles. The van der Waals surface area contributed by atoms with E-state index in [2.05, 4.69) is 0 Å². The summed E-state index contributed by atoms with van der Waals surface area (Å²) in [5.74, 6) is -0.351. The lowest BCUT2D eigenvalue weighted by Gasteiger charge is -2.14. The van der Waals surface area contributed by atoms with E-state index < -0.39 is 10.9 Å². The van der Waals surface area contributed by atoms with Crippen molar-refractivity contribution < 1.29 is 24.0 Å². The summed E-state index contributed by atoms with van der Waals surface area (Å²) < 4.78 is 11.6. The van der Waals surface area contributed by atoms with Gasteiger partial charge < -0.3 is 9.47 Å². The van der Waals surface area contributed by atoms with Gasteiger partial charge in [-0.2, -0.15) is 0 Å². The molecule has 0 aromatic heterocycles. The molecule has 0 saturated carbocycles. The molecule has 10 heteroatoms. The molecular formula is C26H20N2O6S2. The summed E-state index contributed by atoms with van der Waals surface area (Å²) in [6.45, 7) is 2.51. The van der Waals surface area contributed by atoms with Crippen LogP contribution in [0, 0.1) is 10.1 Å². The van der Waals surface area contributed by atoms with Gasteiger partial charge in [0.25, 0.3) is 11.6 Å². The third kappa shape index (κ3) is 5.78. The zero-order chi connectivity index (χ0) is 25.7. The minimum absolute atomic E-state index is 0.125. The highest BCUT2D eigenvalue weighted by atomic mass is 32.2. The smallest absolute Gasteiger partial charge is 0.343 e. The molecule has 4 rings (SSSR count). The fourth-order valence-corrected chi connectivity index (χ4v) is 4.65. The van der Waals surface area contributed by atoms with E-state index in [1.165, 1.54) is 36.0 Å². The van der Waals surface area contributed by atoms with Crippen molar-refractivity contribution in [3.05, 3.63) is 105 Å². The molecule has 1 fully saturated rings. The van der Waals surface area contributed by atoms with Gasteiger partial charge in [0.05, 0.1) is 28.5 Å². The molecule has 0 radical (unpaired) electrons. The largest absolute Gasteiger partial charge is 0.490 e. The quantitative estimate of drug-likeness (QED) is 0.0943. The fraction of sp³-hybridized carbons (Fsp3) is 0.115. The number of amides is 1. The number of ether oxygens (including phenoxy) is 2. The van der Waals surface area contributed by atoms with Crippen LogP contribution in [-0.2, 0) is 11.3 Å². The number of carbonyl (C=O) groups is 2. The van der Waals surface area contributed by atoms with Gasteiger partial charge in [0, 0.05) is 12.1 Å². The zero-order valence-electron chi connectivity index (χ0n) is 19.1. The first-order chi connectivity index (χ1) is 17.4. The van der Waals surface area contributed by atoms with Gasteiger partial charge in [0.15, 0.2) is 11.5 Å². The number of benzene rings is 3. The van der Waals surface area contributed by atoms with Gasteiger partial charge >= 0.3 is 5.97 Å². The number of carbonyl (C=O) groups excluding carboxylic acids is 2. The predicted octanol–water partition coefficient (Wildman–Crippen LogP) is 5.61. The van der Waals surface area contributed by atoms with Gasteiger partial charge in [-0.3, -0.25) is 19.8 Å². The van der Waals surface area contributed by atoms with Crippen LogP contribution in [0.5, 0.6) is 11.5 Å². The molecule has 3 aromatic rings. The molecular weight excluding hydrogens is 500 g/mol. The Morgan fingerprint density at radius 3 is 2.47 bits per heavy atom. The van der Waals surface area contributed by atoms with Crippen molar-refractivity contribution in [3.8, 4) is 11.5 Å². The van der Waals surface area contributed by atoms with Gasteiger partial charge in [-0.15, -0.1) is 0 Å². The van der Waals surface area contributed by atoms with Gasteiger partial charge in [-0.1, -0.05) is 60.4 Å². The Bertz CT molecular complexity index is 1360. The van der Waals surface area contributed by atoms with E-state index in [1.54, 1.807) is 36.1 Å². The first-order valence-corrected chi connectivity index (χ1v) is 12.1. The molecule has 3 aromatic carbocycles. The average molecular weight is 521 g/mol. The van der Waals surface area contributed by atoms with Crippen LogP contribution in [0.4, 0.5) is 5.69 Å². The Morgan fingerprint density at radius 2 is 1.81 bits per heavy atom. The lowest BCUT2D eigenvalue weighted by molar-refractivity contribution is -0.384. The molecule has 0 bridgehead atoms. The van der Waals surface area contributed by atoms with Crippen molar-refractivity contribution in [3.63, 3.8) is 0 Å². The second-order valence-corrected chi connectivity index (χ2v) is 9.26. The summed E-state index contributed by atoms with van der Waals surface area (Å²) >= 11 is 6.65. The minimum atomic E-state index is -0.680. The molecule has 1 aliphatic rings. The molecule has 1 saturated heterocycles. The normalized spacial score (nSPS) is 14.2. The van der Waals surface area contributed by atoms with E-state index in [4.69, 9.17) is 21.7 Å². The van der Waals surface area contributed by atoms with Gasteiger partial charge in [0.1, 0.15) is 4.32 Å². The number of thioether (sulfide) groups is 1. The van der Waals surface area contributed by atoms with Crippen molar-refractivity contribution in [2.75, 3.05) is 6.61 Å². The lowest BCUT2D eigenvalue weighted by Crippen LogP contribution is -2.27. The van der Waals surface area contributed by atoms with E-state index in [0.717, 1.165) is 5.56 Å². The van der Waals surface area contributed by atoms with Crippen molar-refractivity contribution in [2.24, 2.45) is 0 Å². The molecule has 1 heterocycles. The van der Waals surface area contributed by atoms with Gasteiger partial charge in [0.2, 0.25) is 0 Å². The maximum atomic E-state index is 13.0. The zero-order valence-corrected chi connectivity index (χ0v) is 20.7. The van der Waals surface area contributed by atoms with Gasteiger partial charge in [-0.05, 0) is 48.4 Å². The Hall–Kier alpha value is -4.02. The van der Waals surface area contributed by atoms with E-state index >= 15 is 0 Å². The summed E-state index contributed by atoms with van der Waals surface area (Å²) in [5.41, 5.74) is 1.69. The second-order valence-electron chi connectivity index (χ2n) is 7.59. The van der Waals surface area contributed by atoms with Crippen LogP contribution in [-0.4, -0.2) is 32.6 Å². The first-order valence-electron chi connectivity index (χ1n) is 10.9. The Balaban J connectivity index is 1.52. The number of thiocarbonyl (C=S) groups is 1. The molecule has 0 N–H and O–H groups in total. The molecule has 1 amide bonds. The summed E-state index contributed by atoms with van der Waals surface area (Å²) in [5, 5.41) is 10.8. The summed E-state index contributed by atoms with van der Waals surface area (Å²) in [4.78, 5) is 37.8. The molecule has 0 spiro atoms. The highest BCUT2D eigenvalue weighted by molar-refractivity contribution is 8.26. The average Bonchev–Trinajstić information content (AvgIpc) is 3.13. The highest BCUT2D eigenvalue weighted by Crippen LogP contribution is 2.36. The lowest BCUT2D eigenvalue weighted by atomic mass is 10.1. The standard InChI is InChI=1S/C26H20N2O6S2/c1-2-33-22-14-18(8-13-21(22)34-25(30)19-9-11-20(12-10-19)28(31)32)15-23-24(29)27(26(35)36-23)16-17-6-4-3-5-7-17/h3-15H,2,16H2,1H3. The number of hydrogen-bond donors (Lipinski definition) is 0. The topological polar surface area (TPSA) is 99.0 Å². The van der Waals surface area contributed by atoms with E-state index in [1.807, 2.05) is 30.3 Å². The van der Waals surface area contributed by atoms with E-state index in [9.17, 15) is 19.7 Å². The maximum Gasteiger partial charge on any atom is 0.343 e. The SMILES string of the molecule is CCOc1cc(C=C2SC(=S)N(Cc3ccccc3)C2=O)ccc1OC(=O)c1ccc([N+](=O)[O-])cc1. The molecule has 0 unspecified atom stereocenters. The number of non-ortho nitro benzene ring substituents is 1. The Kier molecular flexibility index (Phi) is 7.77. The third-order valence-corrected chi connectivity index (χ3v) is 6.52. The van der Waals surface area contributed by atoms with Crippen LogP contribution >= 0.6 is 24.0 Å². The van der Waals surface area contributed by atoms with E-state index in [-0.39, 0.29) is 22.9 Å². The van der Waals surface area contributed by atoms with Crippen LogP contribution in [0.2, 0.25) is 0 Å². The van der Waals surface area contributed by atoms with Crippen LogP contribution in [0.3, 0.4) is 0 Å². The molecule has 36 heavy (non-hydrogen) atoms. The number of nitro benzene ring substituents is 1. The monoisotopic (exact) mass is 520 g/mol. The maximum absolute atomic E-state index is 13.0. The Labute approximate surface area is 216 Å². The first kappa shape index (κ1) is 25.1. The second kappa shape index (κ2) is 11.1. The molecule has 0 atom stereocenters. The minimum Gasteiger partial charge on any atom is -0.490 e. The number of nitrogens with zero attached hydrogens (tertiary/aromatic N) is 2. The predicted molar refractivity (Wildman–Crippen MR) is 141 cm³/mol. The van der Waals surface area contributed by atoms with Crippen molar-refractivity contribution in [2.45, 2.75) is 13.5 Å². The number of hydrogen-bond acceptors (Lipinski definition) is 8. The Morgan fingerprint density at radius 1 is 1.08 bits per heavy atom. The van der Waals surface area contributed by atoms with Crippen LogP contribution in [0.1, 0.15) is 28.4 Å². The fourth-order valence-electron chi connectivity index (χ4n) is 3.40. The third-order valence-electron chi connectivity index (χ3n) is 5.14. The van der Waals surface area contributed by atoms with Crippen LogP contribution in [0.15, 0.2) is 77.7 Å². The number of rotatable bonds is 8. The number of nitro groups is 1. The van der Waals surface area contributed by atoms with Crippen molar-refractivity contribution in [1.29, 1.82) is 0 Å². The van der Waals surface area contributed by atoms with Crippen LogP contribution in [0.25, 0.3) is 6.08 Å². The summed E-state index contributed by atoms with van der Waals surface area (Å²) in [6, 6.07) is 19.7. The summed E-state index contributed by atoms with van der Waals surface area (Å²) in [6.07, 6.45) is 1.72. The number of esters is 1. The van der Waals surface area contributed by atoms with E-state index in [0.29, 0.717) is 33.7 Å². The highest BCUT2D eigenvalue weighted by Gasteiger charge is 2.32. The molecule has 8 nitrogen and oxygen atoms in total. The van der Waals surface area contributed by atoms with Crippen LogP contribution < -0.4 is 9.47 Å². The molecule has 182 valence electrons. The molecule has 1 aliphatic heterocycles. The van der Waals surface area contributed by atoms with Crippen molar-refractivity contribution in [1.82, 2.24) is 4.90 Å². The van der Waals surface area contributed by atoms with Crippen molar-refractivity contribution >= 4 is 51.9 Å². The van der Waals surface area contributed by atoms with Gasteiger partial charge in [-0.25, -0.2) is 4.79 Å². The summed E-state index contributed by atoms with van der Waals surface area (Å²) in [7, 11) is 0.